The lowest BCUT2D eigenvalue weighted by molar-refractivity contribution is 0.0788. The van der Waals surface area contributed by atoms with Gasteiger partial charge in [-0.1, -0.05) is 30.3 Å². The summed E-state index contributed by atoms with van der Waals surface area (Å²) in [7, 11) is 3.13. The van der Waals surface area contributed by atoms with Crippen molar-refractivity contribution >= 4 is 18.3 Å². The molecule has 1 saturated heterocycles. The Balaban J connectivity index is 0.00000225. The number of likely N-dealkylation sites (tertiary alicyclic amines) is 1. The van der Waals surface area contributed by atoms with Gasteiger partial charge in [0.2, 0.25) is 0 Å². The van der Waals surface area contributed by atoms with Crippen LogP contribution in [-0.4, -0.2) is 44.2 Å². The molecule has 2 aromatic rings. The van der Waals surface area contributed by atoms with Crippen molar-refractivity contribution in [1.29, 1.82) is 0 Å². The highest BCUT2D eigenvalue weighted by Gasteiger charge is 2.34. The van der Waals surface area contributed by atoms with Crippen molar-refractivity contribution < 1.29 is 14.3 Å². The van der Waals surface area contributed by atoms with Crippen molar-refractivity contribution in [3.05, 3.63) is 59.7 Å². The molecule has 0 radical (unpaired) electrons. The number of rotatable bonds is 4. The molecule has 2 atom stereocenters. The Hall–Kier alpha value is -2.24. The molecule has 1 heterocycles. The molecule has 1 aliphatic rings. The molecule has 134 valence electrons. The van der Waals surface area contributed by atoms with Crippen LogP contribution < -0.4 is 15.2 Å². The predicted octanol–water partition coefficient (Wildman–Crippen LogP) is 2.69. The lowest BCUT2D eigenvalue weighted by Gasteiger charge is -2.17. The van der Waals surface area contributed by atoms with Gasteiger partial charge < -0.3 is 20.1 Å². The summed E-state index contributed by atoms with van der Waals surface area (Å²) in [5.41, 5.74) is 8.03. The monoisotopic (exact) mass is 362 g/mol. The van der Waals surface area contributed by atoms with E-state index in [2.05, 4.69) is 12.1 Å². The quantitative estimate of drug-likeness (QED) is 0.908. The number of halogens is 1. The lowest BCUT2D eigenvalue weighted by atomic mass is 9.95. The van der Waals surface area contributed by atoms with E-state index in [0.717, 1.165) is 0 Å². The number of hydrogen-bond donors (Lipinski definition) is 1. The number of carbonyl (C=O) groups excluding carboxylic acids is 1. The van der Waals surface area contributed by atoms with Crippen LogP contribution in [0.1, 0.15) is 21.8 Å². The fourth-order valence-electron chi connectivity index (χ4n) is 3.20. The first-order valence-corrected chi connectivity index (χ1v) is 7.96. The molecule has 0 bridgehead atoms. The van der Waals surface area contributed by atoms with Crippen molar-refractivity contribution in [2.45, 2.75) is 12.0 Å². The second-order valence-corrected chi connectivity index (χ2v) is 5.96. The molecule has 25 heavy (non-hydrogen) atoms. The zero-order chi connectivity index (χ0) is 17.1. The largest absolute Gasteiger partial charge is 0.493 e. The van der Waals surface area contributed by atoms with Crippen molar-refractivity contribution in [3.8, 4) is 11.5 Å². The molecule has 2 aromatic carbocycles. The van der Waals surface area contributed by atoms with Crippen molar-refractivity contribution in [3.63, 3.8) is 0 Å². The van der Waals surface area contributed by atoms with Crippen molar-refractivity contribution in [1.82, 2.24) is 4.90 Å². The van der Waals surface area contributed by atoms with E-state index in [-0.39, 0.29) is 30.3 Å². The standard InChI is InChI=1S/C19H22N2O3.ClH/c1-23-17-9-8-14(10-18(17)24-2)19(22)21-11-15(16(20)12-21)13-6-4-3-5-7-13;/h3-10,15-16H,11-12,20H2,1-2H3;1H/t15-,16+;/m0./s1. The Kier molecular flexibility index (Phi) is 6.28. The Bertz CT molecular complexity index is 724. The minimum atomic E-state index is -0.0588. The second-order valence-electron chi connectivity index (χ2n) is 5.96. The summed E-state index contributed by atoms with van der Waals surface area (Å²) < 4.78 is 10.5. The average Bonchev–Trinajstić information content (AvgIpc) is 3.03. The molecule has 1 fully saturated rings. The van der Waals surface area contributed by atoms with Crippen LogP contribution in [-0.2, 0) is 0 Å². The van der Waals surface area contributed by atoms with Crippen LogP contribution in [0.2, 0.25) is 0 Å². The van der Waals surface area contributed by atoms with Gasteiger partial charge in [-0.3, -0.25) is 4.79 Å². The van der Waals surface area contributed by atoms with Gasteiger partial charge in [0, 0.05) is 30.6 Å². The Morgan fingerprint density at radius 1 is 1.04 bits per heavy atom. The summed E-state index contributed by atoms with van der Waals surface area (Å²) >= 11 is 0. The molecule has 6 heteroatoms. The highest BCUT2D eigenvalue weighted by Crippen LogP contribution is 2.30. The molecule has 0 aliphatic carbocycles. The van der Waals surface area contributed by atoms with Crippen LogP contribution >= 0.6 is 12.4 Å². The van der Waals surface area contributed by atoms with Crippen molar-refractivity contribution in [2.24, 2.45) is 5.73 Å². The van der Waals surface area contributed by atoms with E-state index in [0.29, 0.717) is 30.2 Å². The molecular weight excluding hydrogens is 340 g/mol. The van der Waals surface area contributed by atoms with E-state index < -0.39 is 0 Å². The topological polar surface area (TPSA) is 64.8 Å². The molecule has 5 nitrogen and oxygen atoms in total. The minimum Gasteiger partial charge on any atom is -0.493 e. The lowest BCUT2D eigenvalue weighted by Crippen LogP contribution is -2.32. The highest BCUT2D eigenvalue weighted by atomic mass is 35.5. The first-order chi connectivity index (χ1) is 11.6. The predicted molar refractivity (Wildman–Crippen MR) is 99.9 cm³/mol. The first kappa shape index (κ1) is 19.1. The summed E-state index contributed by atoms with van der Waals surface area (Å²) in [5, 5.41) is 0. The van der Waals surface area contributed by atoms with Gasteiger partial charge in [-0.25, -0.2) is 0 Å². The van der Waals surface area contributed by atoms with E-state index in [9.17, 15) is 4.79 Å². The number of ether oxygens (including phenoxy) is 2. The summed E-state index contributed by atoms with van der Waals surface area (Å²) in [6.07, 6.45) is 0. The smallest absolute Gasteiger partial charge is 0.254 e. The zero-order valence-electron chi connectivity index (χ0n) is 14.3. The Morgan fingerprint density at radius 3 is 2.36 bits per heavy atom. The average molecular weight is 363 g/mol. The first-order valence-electron chi connectivity index (χ1n) is 7.96. The molecule has 0 aromatic heterocycles. The molecule has 0 saturated carbocycles. The normalized spacial score (nSPS) is 19.2. The maximum Gasteiger partial charge on any atom is 0.254 e. The van der Waals surface area contributed by atoms with Gasteiger partial charge in [0.1, 0.15) is 0 Å². The second kappa shape index (κ2) is 8.23. The molecular formula is C19H23ClN2O3. The van der Waals surface area contributed by atoms with Crippen LogP contribution in [0.25, 0.3) is 0 Å². The SMILES string of the molecule is COc1ccc(C(=O)N2C[C@@H](N)[C@H](c3ccccc3)C2)cc1OC.Cl. The number of hydrogen-bond acceptors (Lipinski definition) is 4. The third-order valence-corrected chi connectivity index (χ3v) is 4.51. The van der Waals surface area contributed by atoms with E-state index in [1.54, 1.807) is 32.4 Å². The number of nitrogens with two attached hydrogens (primary N) is 1. The summed E-state index contributed by atoms with van der Waals surface area (Å²) in [6, 6.07) is 15.3. The highest BCUT2D eigenvalue weighted by molar-refractivity contribution is 5.95. The number of methoxy groups -OCH3 is 2. The molecule has 2 N–H and O–H groups in total. The van der Waals surface area contributed by atoms with Crippen LogP contribution in [0.4, 0.5) is 0 Å². The molecule has 3 rings (SSSR count). The molecule has 0 spiro atoms. The zero-order valence-corrected chi connectivity index (χ0v) is 15.2. The Morgan fingerprint density at radius 2 is 1.72 bits per heavy atom. The van der Waals surface area contributed by atoms with Crippen LogP contribution in [0, 0.1) is 0 Å². The van der Waals surface area contributed by atoms with Gasteiger partial charge in [0.05, 0.1) is 14.2 Å². The summed E-state index contributed by atoms with van der Waals surface area (Å²) in [6.45, 7) is 1.17. The van der Waals surface area contributed by atoms with Gasteiger partial charge in [-0.2, -0.15) is 0 Å². The summed E-state index contributed by atoms with van der Waals surface area (Å²) in [5.74, 6) is 1.28. The third-order valence-electron chi connectivity index (χ3n) is 4.51. The van der Waals surface area contributed by atoms with Crippen LogP contribution in [0.3, 0.4) is 0 Å². The van der Waals surface area contributed by atoms with Crippen molar-refractivity contribution in [2.75, 3.05) is 27.3 Å². The molecule has 1 amide bonds. The minimum absolute atomic E-state index is 0. The van der Waals surface area contributed by atoms with Gasteiger partial charge in [-0.15, -0.1) is 12.4 Å². The van der Waals surface area contributed by atoms with Gasteiger partial charge in [-0.05, 0) is 23.8 Å². The van der Waals surface area contributed by atoms with E-state index in [1.165, 1.54) is 5.56 Å². The van der Waals surface area contributed by atoms with Gasteiger partial charge >= 0.3 is 0 Å². The maximum atomic E-state index is 12.8. The number of amides is 1. The third kappa shape index (κ3) is 3.89. The van der Waals surface area contributed by atoms with E-state index in [1.807, 2.05) is 23.1 Å². The number of nitrogens with zero attached hydrogens (tertiary/aromatic N) is 1. The maximum absolute atomic E-state index is 12.8. The van der Waals surface area contributed by atoms with Crippen LogP contribution in [0.5, 0.6) is 11.5 Å². The van der Waals surface area contributed by atoms with E-state index in [4.69, 9.17) is 15.2 Å². The Labute approximate surface area is 154 Å². The molecule has 1 aliphatic heterocycles. The fourth-order valence-corrected chi connectivity index (χ4v) is 3.20. The van der Waals surface area contributed by atoms with Gasteiger partial charge in [0.15, 0.2) is 11.5 Å². The fraction of sp³-hybridized carbons (Fsp3) is 0.316. The van der Waals surface area contributed by atoms with Gasteiger partial charge in [0.25, 0.3) is 5.91 Å². The number of carbonyl (C=O) groups is 1. The number of benzene rings is 2. The summed E-state index contributed by atoms with van der Waals surface area (Å²) in [4.78, 5) is 14.6. The van der Waals surface area contributed by atoms with Crippen LogP contribution in [0.15, 0.2) is 48.5 Å². The molecule has 0 unspecified atom stereocenters. The van der Waals surface area contributed by atoms with E-state index >= 15 is 0 Å².